The summed E-state index contributed by atoms with van der Waals surface area (Å²) in [5.41, 5.74) is 8.79. The first-order chi connectivity index (χ1) is 9.97. The van der Waals surface area contributed by atoms with E-state index in [1.165, 1.54) is 5.56 Å². The molecule has 1 aromatic rings. The summed E-state index contributed by atoms with van der Waals surface area (Å²) in [7, 11) is 1.57. The molecule has 1 aromatic carbocycles. The summed E-state index contributed by atoms with van der Waals surface area (Å²) < 4.78 is 5.14. The third-order valence-corrected chi connectivity index (χ3v) is 4.45. The average Bonchev–Trinajstić information content (AvgIpc) is 2.45. The van der Waals surface area contributed by atoms with E-state index >= 15 is 0 Å². The summed E-state index contributed by atoms with van der Waals surface area (Å²) in [6.45, 7) is 6.75. The minimum absolute atomic E-state index is 0. The van der Waals surface area contributed by atoms with E-state index in [4.69, 9.17) is 10.5 Å². The Bertz CT molecular complexity index is 465. The van der Waals surface area contributed by atoms with Crippen LogP contribution in [0.25, 0.3) is 0 Å². The number of hydrogen-bond donors (Lipinski definition) is 2. The summed E-state index contributed by atoms with van der Waals surface area (Å²) in [5, 5.41) is 3.55. The normalized spacial score (nSPS) is 11.9. The predicted octanol–water partition coefficient (Wildman–Crippen LogP) is 3.36. The van der Waals surface area contributed by atoms with Gasteiger partial charge in [0.15, 0.2) is 0 Å². The molecule has 0 saturated carbocycles. The van der Waals surface area contributed by atoms with E-state index in [1.807, 2.05) is 30.8 Å². The van der Waals surface area contributed by atoms with Crippen molar-refractivity contribution < 1.29 is 9.53 Å². The van der Waals surface area contributed by atoms with E-state index in [1.54, 1.807) is 7.11 Å². The molecule has 0 radical (unpaired) electrons. The molecule has 22 heavy (non-hydrogen) atoms. The fourth-order valence-electron chi connectivity index (χ4n) is 1.90. The summed E-state index contributed by atoms with van der Waals surface area (Å²) in [4.78, 5) is 12.0. The zero-order valence-corrected chi connectivity index (χ0v) is 15.4. The summed E-state index contributed by atoms with van der Waals surface area (Å²) in [6, 6.07) is 6.02. The second-order valence-electron chi connectivity index (χ2n) is 5.30. The molecule has 0 aliphatic heterocycles. The van der Waals surface area contributed by atoms with Crippen LogP contribution in [0.3, 0.4) is 0 Å². The standard InChI is InChI=1S/C16H26N2O2S.ClH/c1-11(2)21-10-13-6-5-7-15(12(13)3)18-16(19)8-14(9-17)20-4;/h5-7,11,14H,8-10,17H2,1-4H3,(H,18,19);1H. The fraction of sp³-hybridized carbons (Fsp3) is 0.562. The van der Waals surface area contributed by atoms with Gasteiger partial charge in [-0.2, -0.15) is 11.8 Å². The number of nitrogens with two attached hydrogens (primary N) is 1. The minimum Gasteiger partial charge on any atom is -0.380 e. The van der Waals surface area contributed by atoms with Crippen LogP contribution in [0.2, 0.25) is 0 Å². The van der Waals surface area contributed by atoms with Gasteiger partial charge < -0.3 is 15.8 Å². The Labute approximate surface area is 144 Å². The molecule has 4 nitrogen and oxygen atoms in total. The molecule has 6 heteroatoms. The minimum atomic E-state index is -0.231. The van der Waals surface area contributed by atoms with Gasteiger partial charge in [-0.15, -0.1) is 12.4 Å². The van der Waals surface area contributed by atoms with Gasteiger partial charge in [0, 0.05) is 25.1 Å². The second-order valence-corrected chi connectivity index (χ2v) is 6.86. The number of carbonyl (C=O) groups is 1. The lowest BCUT2D eigenvalue weighted by Crippen LogP contribution is -2.28. The Hall–Kier alpha value is -0.750. The first-order valence-corrected chi connectivity index (χ1v) is 8.25. The molecule has 0 saturated heterocycles. The summed E-state index contributed by atoms with van der Waals surface area (Å²) in [6.07, 6.45) is 0.0437. The summed E-state index contributed by atoms with van der Waals surface area (Å²) in [5.74, 6) is 0.889. The number of rotatable bonds is 8. The highest BCUT2D eigenvalue weighted by atomic mass is 35.5. The van der Waals surface area contributed by atoms with Crippen LogP contribution in [0.5, 0.6) is 0 Å². The largest absolute Gasteiger partial charge is 0.380 e. The van der Waals surface area contributed by atoms with Gasteiger partial charge in [-0.1, -0.05) is 26.0 Å². The van der Waals surface area contributed by atoms with Crippen LogP contribution < -0.4 is 11.1 Å². The van der Waals surface area contributed by atoms with Crippen LogP contribution in [0, 0.1) is 6.92 Å². The molecule has 1 rings (SSSR count). The van der Waals surface area contributed by atoms with Crippen molar-refractivity contribution in [1.82, 2.24) is 0 Å². The molecule has 0 heterocycles. The van der Waals surface area contributed by atoms with Crippen LogP contribution in [-0.4, -0.2) is 30.9 Å². The lowest BCUT2D eigenvalue weighted by atomic mass is 10.1. The Balaban J connectivity index is 0.00000441. The highest BCUT2D eigenvalue weighted by Crippen LogP contribution is 2.25. The molecule has 3 N–H and O–H groups in total. The van der Waals surface area contributed by atoms with Crippen LogP contribution in [0.1, 0.15) is 31.4 Å². The number of nitrogens with one attached hydrogen (secondary N) is 1. The number of ether oxygens (including phenoxy) is 1. The van der Waals surface area contributed by atoms with Gasteiger partial charge in [-0.25, -0.2) is 0 Å². The van der Waals surface area contributed by atoms with E-state index in [-0.39, 0.29) is 30.8 Å². The molecule has 0 aliphatic carbocycles. The molecule has 0 spiro atoms. The van der Waals surface area contributed by atoms with Crippen molar-refractivity contribution in [3.05, 3.63) is 29.3 Å². The quantitative estimate of drug-likeness (QED) is 0.757. The maximum absolute atomic E-state index is 12.0. The van der Waals surface area contributed by atoms with E-state index in [9.17, 15) is 4.79 Å². The van der Waals surface area contributed by atoms with E-state index < -0.39 is 0 Å². The topological polar surface area (TPSA) is 64.3 Å². The van der Waals surface area contributed by atoms with Crippen LogP contribution in [0.15, 0.2) is 18.2 Å². The Morgan fingerprint density at radius 2 is 2.09 bits per heavy atom. The first kappa shape index (κ1) is 21.2. The van der Waals surface area contributed by atoms with Crippen molar-refractivity contribution in [3.8, 4) is 0 Å². The molecule has 0 aromatic heterocycles. The van der Waals surface area contributed by atoms with Crippen LogP contribution in [-0.2, 0) is 15.3 Å². The van der Waals surface area contributed by atoms with Crippen LogP contribution >= 0.6 is 24.2 Å². The third kappa shape index (κ3) is 7.01. The zero-order chi connectivity index (χ0) is 15.8. The Morgan fingerprint density at radius 1 is 1.41 bits per heavy atom. The average molecular weight is 347 g/mol. The molecule has 1 amide bonds. The molecular formula is C16H27ClN2O2S. The first-order valence-electron chi connectivity index (χ1n) is 7.20. The molecule has 0 bridgehead atoms. The maximum Gasteiger partial charge on any atom is 0.227 e. The molecule has 0 aliphatic rings. The summed E-state index contributed by atoms with van der Waals surface area (Å²) >= 11 is 1.89. The van der Waals surface area contributed by atoms with E-state index in [0.717, 1.165) is 17.0 Å². The molecule has 0 fully saturated rings. The van der Waals surface area contributed by atoms with Gasteiger partial charge in [0.1, 0.15) is 0 Å². The van der Waals surface area contributed by atoms with E-state index in [0.29, 0.717) is 11.8 Å². The zero-order valence-electron chi connectivity index (χ0n) is 13.7. The number of thioether (sulfide) groups is 1. The van der Waals surface area contributed by atoms with Gasteiger partial charge in [0.2, 0.25) is 5.91 Å². The maximum atomic E-state index is 12.0. The number of hydrogen-bond acceptors (Lipinski definition) is 4. The third-order valence-electron chi connectivity index (χ3n) is 3.30. The number of carbonyl (C=O) groups excluding carboxylic acids is 1. The van der Waals surface area contributed by atoms with Crippen molar-refractivity contribution in [2.24, 2.45) is 5.73 Å². The second kappa shape index (κ2) is 10.9. The molecule has 126 valence electrons. The Kier molecular flexibility index (Phi) is 10.5. The number of amides is 1. The van der Waals surface area contributed by atoms with E-state index in [2.05, 4.69) is 25.2 Å². The number of anilines is 1. The molecule has 1 unspecified atom stereocenters. The molecule has 1 atom stereocenters. The van der Waals surface area contributed by atoms with Gasteiger partial charge in [-0.3, -0.25) is 4.79 Å². The van der Waals surface area contributed by atoms with Crippen LogP contribution in [0.4, 0.5) is 5.69 Å². The van der Waals surface area contributed by atoms with Gasteiger partial charge in [0.25, 0.3) is 0 Å². The van der Waals surface area contributed by atoms with Gasteiger partial charge in [0.05, 0.1) is 12.5 Å². The number of benzene rings is 1. The Morgan fingerprint density at radius 3 is 2.64 bits per heavy atom. The van der Waals surface area contributed by atoms with Crippen molar-refractivity contribution in [1.29, 1.82) is 0 Å². The lowest BCUT2D eigenvalue weighted by molar-refractivity contribution is -0.118. The van der Waals surface area contributed by atoms with Gasteiger partial charge in [-0.05, 0) is 29.4 Å². The predicted molar refractivity (Wildman–Crippen MR) is 98.0 cm³/mol. The number of methoxy groups -OCH3 is 1. The van der Waals surface area contributed by atoms with Crippen molar-refractivity contribution in [2.75, 3.05) is 19.0 Å². The SMILES string of the molecule is COC(CN)CC(=O)Nc1cccc(CSC(C)C)c1C.Cl. The van der Waals surface area contributed by atoms with Crippen molar-refractivity contribution in [3.63, 3.8) is 0 Å². The van der Waals surface area contributed by atoms with Gasteiger partial charge >= 0.3 is 0 Å². The monoisotopic (exact) mass is 346 g/mol. The highest BCUT2D eigenvalue weighted by Gasteiger charge is 2.13. The van der Waals surface area contributed by atoms with Crippen molar-refractivity contribution >= 4 is 35.8 Å². The number of halogens is 1. The highest BCUT2D eigenvalue weighted by molar-refractivity contribution is 7.99. The smallest absolute Gasteiger partial charge is 0.227 e. The fourth-order valence-corrected chi connectivity index (χ4v) is 2.73. The lowest BCUT2D eigenvalue weighted by Gasteiger charge is -2.15. The van der Waals surface area contributed by atoms with Crippen molar-refractivity contribution in [2.45, 2.75) is 44.3 Å². The molecular weight excluding hydrogens is 320 g/mol.